The molecular formula is C23H22O. The second-order valence-electron chi connectivity index (χ2n) is 6.22. The average molecular weight is 314 g/mol. The maximum Gasteiger partial charge on any atom is 0.170 e. The molecule has 24 heavy (non-hydrogen) atoms. The molecule has 3 rings (SSSR count). The van der Waals surface area contributed by atoms with Gasteiger partial charge in [-0.25, -0.2) is 0 Å². The van der Waals surface area contributed by atoms with Crippen LogP contribution < -0.4 is 0 Å². The summed E-state index contributed by atoms with van der Waals surface area (Å²) in [5, 5.41) is 0. The second kappa shape index (κ2) is 7.74. The quantitative estimate of drug-likeness (QED) is 0.542. The Labute approximate surface area is 144 Å². The molecule has 1 nitrogen and oxygen atoms in total. The van der Waals surface area contributed by atoms with E-state index in [2.05, 4.69) is 36.4 Å². The molecule has 3 aromatic carbocycles. The first kappa shape index (κ1) is 16.2. The van der Waals surface area contributed by atoms with Crippen LogP contribution in [0.25, 0.3) is 0 Å². The van der Waals surface area contributed by atoms with E-state index in [1.807, 2.05) is 55.5 Å². The highest BCUT2D eigenvalue weighted by atomic mass is 16.1. The summed E-state index contributed by atoms with van der Waals surface area (Å²) in [5.74, 6) is 0.103. The van der Waals surface area contributed by atoms with Gasteiger partial charge in [0.2, 0.25) is 0 Å². The number of ketones is 1. The number of hydrogen-bond acceptors (Lipinski definition) is 1. The maximum absolute atomic E-state index is 13.1. The zero-order chi connectivity index (χ0) is 16.8. The van der Waals surface area contributed by atoms with Crippen molar-refractivity contribution >= 4 is 5.78 Å². The van der Waals surface area contributed by atoms with Gasteiger partial charge >= 0.3 is 0 Å². The van der Waals surface area contributed by atoms with Gasteiger partial charge in [-0.15, -0.1) is 0 Å². The van der Waals surface area contributed by atoms with Crippen LogP contribution in [0.3, 0.4) is 0 Å². The first-order chi connectivity index (χ1) is 11.7. The van der Waals surface area contributed by atoms with E-state index in [0.29, 0.717) is 0 Å². The van der Waals surface area contributed by atoms with Crippen LogP contribution in [-0.4, -0.2) is 5.78 Å². The van der Waals surface area contributed by atoms with Crippen LogP contribution in [-0.2, 0) is 6.42 Å². The molecule has 0 aromatic heterocycles. The van der Waals surface area contributed by atoms with Crippen LogP contribution in [0.4, 0.5) is 0 Å². The lowest BCUT2D eigenvalue weighted by atomic mass is 9.86. The monoisotopic (exact) mass is 314 g/mol. The summed E-state index contributed by atoms with van der Waals surface area (Å²) in [4.78, 5) is 13.1. The number of carbonyl (C=O) groups is 1. The second-order valence-corrected chi connectivity index (χ2v) is 6.22. The van der Waals surface area contributed by atoms with E-state index >= 15 is 0 Å². The van der Waals surface area contributed by atoms with Gasteiger partial charge in [0.15, 0.2) is 5.78 Å². The molecule has 0 spiro atoms. The summed E-state index contributed by atoms with van der Waals surface area (Å²) in [6.45, 7) is 2.04. The van der Waals surface area contributed by atoms with Crippen LogP contribution in [0.15, 0.2) is 84.9 Å². The predicted octanol–water partition coefficient (Wildman–Crippen LogP) is 5.59. The molecule has 0 amide bonds. The highest BCUT2D eigenvalue weighted by Crippen LogP contribution is 2.26. The van der Waals surface area contributed by atoms with Crippen molar-refractivity contribution in [2.45, 2.75) is 25.7 Å². The predicted molar refractivity (Wildman–Crippen MR) is 99.5 cm³/mol. The smallest absolute Gasteiger partial charge is 0.170 e. The van der Waals surface area contributed by atoms with E-state index in [1.54, 1.807) is 0 Å². The Bertz CT molecular complexity index is 773. The lowest BCUT2D eigenvalue weighted by Crippen LogP contribution is -2.14. The largest absolute Gasteiger partial charge is 0.293 e. The normalized spacial score (nSPS) is 11.9. The van der Waals surface area contributed by atoms with Gasteiger partial charge in [-0.1, -0.05) is 90.5 Å². The van der Waals surface area contributed by atoms with Crippen molar-refractivity contribution in [3.05, 3.63) is 107 Å². The molecule has 0 aliphatic carbocycles. The summed E-state index contributed by atoms with van der Waals surface area (Å²) in [6, 6.07) is 28.4. The van der Waals surface area contributed by atoms with Crippen molar-refractivity contribution in [2.24, 2.45) is 0 Å². The standard InChI is InChI=1S/C23H22O/c1-18-12-15-21(16-13-18)23(24)22(20-10-6-3-7-11-20)17-14-19-8-4-2-5-9-19/h2-13,15-16,22H,14,17H2,1H3. The van der Waals surface area contributed by atoms with E-state index < -0.39 is 0 Å². The molecule has 1 heteroatoms. The molecule has 0 aliphatic heterocycles. The highest BCUT2D eigenvalue weighted by molar-refractivity contribution is 6.01. The zero-order valence-electron chi connectivity index (χ0n) is 14.0. The molecule has 1 atom stereocenters. The molecule has 0 bridgehead atoms. The Morgan fingerprint density at radius 1 is 0.792 bits per heavy atom. The third kappa shape index (κ3) is 3.99. The summed E-state index contributed by atoms with van der Waals surface area (Å²) in [5.41, 5.74) is 4.34. The minimum atomic E-state index is -0.103. The minimum absolute atomic E-state index is 0.103. The number of Topliss-reactive ketones (excluding diaryl/α,β-unsaturated/α-hetero) is 1. The fraction of sp³-hybridized carbons (Fsp3) is 0.174. The molecule has 0 saturated carbocycles. The Kier molecular flexibility index (Phi) is 5.22. The van der Waals surface area contributed by atoms with Crippen LogP contribution in [0, 0.1) is 6.92 Å². The van der Waals surface area contributed by atoms with E-state index in [0.717, 1.165) is 24.0 Å². The summed E-state index contributed by atoms with van der Waals surface area (Å²) >= 11 is 0. The van der Waals surface area contributed by atoms with Crippen LogP contribution in [0.1, 0.15) is 39.4 Å². The van der Waals surface area contributed by atoms with E-state index in [4.69, 9.17) is 0 Å². The Morgan fingerprint density at radius 2 is 1.38 bits per heavy atom. The average Bonchev–Trinajstić information content (AvgIpc) is 2.64. The SMILES string of the molecule is Cc1ccc(C(=O)C(CCc2ccccc2)c2ccccc2)cc1. The van der Waals surface area contributed by atoms with Crippen molar-refractivity contribution in [2.75, 3.05) is 0 Å². The van der Waals surface area contributed by atoms with E-state index in [9.17, 15) is 4.79 Å². The van der Waals surface area contributed by atoms with Gasteiger partial charge in [-0.05, 0) is 30.9 Å². The minimum Gasteiger partial charge on any atom is -0.293 e. The first-order valence-corrected chi connectivity index (χ1v) is 8.44. The van der Waals surface area contributed by atoms with Gasteiger partial charge in [0.25, 0.3) is 0 Å². The van der Waals surface area contributed by atoms with Gasteiger partial charge < -0.3 is 0 Å². The number of carbonyl (C=O) groups excluding carboxylic acids is 1. The topological polar surface area (TPSA) is 17.1 Å². The summed E-state index contributed by atoms with van der Waals surface area (Å²) in [7, 11) is 0. The van der Waals surface area contributed by atoms with Crippen molar-refractivity contribution in [1.82, 2.24) is 0 Å². The molecule has 0 N–H and O–H groups in total. The van der Waals surface area contributed by atoms with Crippen molar-refractivity contribution in [3.8, 4) is 0 Å². The zero-order valence-corrected chi connectivity index (χ0v) is 14.0. The number of hydrogen-bond donors (Lipinski definition) is 0. The molecule has 0 aliphatic rings. The first-order valence-electron chi connectivity index (χ1n) is 8.44. The maximum atomic E-state index is 13.1. The molecule has 3 aromatic rings. The Hall–Kier alpha value is -2.67. The molecule has 0 radical (unpaired) electrons. The number of benzene rings is 3. The van der Waals surface area contributed by atoms with Gasteiger partial charge in [-0.3, -0.25) is 4.79 Å². The lowest BCUT2D eigenvalue weighted by molar-refractivity contribution is 0.0955. The molecule has 0 fully saturated rings. The molecule has 0 heterocycles. The summed E-state index contributed by atoms with van der Waals surface area (Å²) < 4.78 is 0. The van der Waals surface area contributed by atoms with E-state index in [1.165, 1.54) is 11.1 Å². The third-order valence-corrected chi connectivity index (χ3v) is 4.42. The van der Waals surface area contributed by atoms with Gasteiger partial charge in [0.05, 0.1) is 0 Å². The fourth-order valence-corrected chi connectivity index (χ4v) is 3.01. The number of rotatable bonds is 6. The van der Waals surface area contributed by atoms with Crippen molar-refractivity contribution in [1.29, 1.82) is 0 Å². The van der Waals surface area contributed by atoms with Crippen LogP contribution in [0.5, 0.6) is 0 Å². The summed E-state index contributed by atoms with van der Waals surface area (Å²) in [6.07, 6.45) is 1.72. The fourth-order valence-electron chi connectivity index (χ4n) is 3.01. The number of aryl methyl sites for hydroxylation is 2. The van der Waals surface area contributed by atoms with Crippen LogP contribution in [0.2, 0.25) is 0 Å². The lowest BCUT2D eigenvalue weighted by Gasteiger charge is -2.17. The van der Waals surface area contributed by atoms with Crippen molar-refractivity contribution in [3.63, 3.8) is 0 Å². The van der Waals surface area contributed by atoms with Gasteiger partial charge in [0, 0.05) is 11.5 Å². The highest BCUT2D eigenvalue weighted by Gasteiger charge is 2.21. The van der Waals surface area contributed by atoms with E-state index in [-0.39, 0.29) is 11.7 Å². The van der Waals surface area contributed by atoms with Gasteiger partial charge in [0.1, 0.15) is 0 Å². The van der Waals surface area contributed by atoms with Crippen molar-refractivity contribution < 1.29 is 4.79 Å². The van der Waals surface area contributed by atoms with Gasteiger partial charge in [-0.2, -0.15) is 0 Å². The third-order valence-electron chi connectivity index (χ3n) is 4.42. The molecule has 0 saturated heterocycles. The molecule has 1 unspecified atom stereocenters. The Balaban J connectivity index is 1.84. The molecular weight excluding hydrogens is 292 g/mol. The molecule has 120 valence electrons. The van der Waals surface area contributed by atoms with Crippen LogP contribution >= 0.6 is 0 Å². The Morgan fingerprint density at radius 3 is 2.00 bits per heavy atom.